The zero-order valence-electron chi connectivity index (χ0n) is 8.45. The van der Waals surface area contributed by atoms with Crippen LogP contribution in [0.25, 0.3) is 0 Å². The lowest BCUT2D eigenvalue weighted by Crippen LogP contribution is -2.02. The maximum absolute atomic E-state index is 10.7. The zero-order chi connectivity index (χ0) is 9.84. The molecule has 13 heavy (non-hydrogen) atoms. The third kappa shape index (κ3) is 3.01. The van der Waals surface area contributed by atoms with Gasteiger partial charge in [-0.15, -0.1) is 0 Å². The molecule has 0 unspecified atom stereocenters. The monoisotopic (exact) mass is 180 g/mol. The van der Waals surface area contributed by atoms with Crippen LogP contribution in [0.4, 0.5) is 0 Å². The molecular formula is C10H16N2O. The van der Waals surface area contributed by atoms with Crippen molar-refractivity contribution < 1.29 is 4.79 Å². The molecule has 0 fully saturated rings. The second kappa shape index (κ2) is 4.21. The molecule has 0 amide bonds. The summed E-state index contributed by atoms with van der Waals surface area (Å²) in [5.41, 5.74) is 1.00. The van der Waals surface area contributed by atoms with Crippen molar-refractivity contribution in [1.29, 1.82) is 0 Å². The van der Waals surface area contributed by atoms with Crippen LogP contribution in [-0.2, 0) is 11.2 Å². The Morgan fingerprint density at radius 2 is 2.31 bits per heavy atom. The van der Waals surface area contributed by atoms with E-state index in [4.69, 9.17) is 0 Å². The second-order valence-corrected chi connectivity index (χ2v) is 3.58. The topological polar surface area (TPSA) is 34.9 Å². The summed E-state index contributed by atoms with van der Waals surface area (Å²) < 4.78 is 1.91. The lowest BCUT2D eigenvalue weighted by molar-refractivity contribution is -0.116. The first kappa shape index (κ1) is 9.96. The number of carbonyl (C=O) groups excluding carboxylic acids is 1. The highest BCUT2D eigenvalue weighted by Gasteiger charge is 2.02. The first-order valence-corrected chi connectivity index (χ1v) is 4.63. The number of ketones is 1. The van der Waals surface area contributed by atoms with Gasteiger partial charge in [0.1, 0.15) is 5.78 Å². The van der Waals surface area contributed by atoms with Crippen molar-refractivity contribution in [3.63, 3.8) is 0 Å². The predicted molar refractivity (Wildman–Crippen MR) is 51.6 cm³/mol. The molecule has 1 aromatic heterocycles. The van der Waals surface area contributed by atoms with Crippen LogP contribution in [-0.4, -0.2) is 15.6 Å². The van der Waals surface area contributed by atoms with E-state index in [1.165, 1.54) is 0 Å². The van der Waals surface area contributed by atoms with Crippen LogP contribution < -0.4 is 0 Å². The maximum atomic E-state index is 10.7. The van der Waals surface area contributed by atoms with Crippen molar-refractivity contribution in [2.75, 3.05) is 0 Å². The summed E-state index contributed by atoms with van der Waals surface area (Å²) in [7, 11) is 0. The van der Waals surface area contributed by atoms with Crippen LogP contribution >= 0.6 is 0 Å². The highest BCUT2D eigenvalue weighted by atomic mass is 16.1. The minimum atomic E-state index is 0.221. The number of hydrogen-bond donors (Lipinski definition) is 0. The number of rotatable bonds is 4. The van der Waals surface area contributed by atoms with E-state index in [1.807, 2.05) is 16.9 Å². The summed E-state index contributed by atoms with van der Waals surface area (Å²) in [4.78, 5) is 10.7. The first-order valence-electron chi connectivity index (χ1n) is 4.63. The summed E-state index contributed by atoms with van der Waals surface area (Å²) in [6, 6.07) is 2.37. The number of carbonyl (C=O) groups is 1. The summed E-state index contributed by atoms with van der Waals surface area (Å²) >= 11 is 0. The van der Waals surface area contributed by atoms with Crippen molar-refractivity contribution >= 4 is 5.78 Å². The Morgan fingerprint density at radius 1 is 1.62 bits per heavy atom. The van der Waals surface area contributed by atoms with Gasteiger partial charge in [0, 0.05) is 18.7 Å². The Morgan fingerprint density at radius 3 is 2.77 bits per heavy atom. The van der Waals surface area contributed by atoms with Gasteiger partial charge in [0.05, 0.1) is 5.69 Å². The standard InChI is InChI=1S/C10H16N2O/c1-8(2)12-7-6-10(11-12)5-4-9(3)13/h6-8H,4-5H2,1-3H3. The van der Waals surface area contributed by atoms with Gasteiger partial charge in [0.25, 0.3) is 0 Å². The molecule has 0 aliphatic rings. The molecule has 72 valence electrons. The number of aromatic nitrogens is 2. The largest absolute Gasteiger partial charge is 0.300 e. The fourth-order valence-electron chi connectivity index (χ4n) is 1.10. The van der Waals surface area contributed by atoms with E-state index in [-0.39, 0.29) is 5.78 Å². The van der Waals surface area contributed by atoms with Gasteiger partial charge in [-0.25, -0.2) is 0 Å². The third-order valence-corrected chi connectivity index (χ3v) is 1.93. The van der Waals surface area contributed by atoms with E-state index in [9.17, 15) is 4.79 Å². The van der Waals surface area contributed by atoms with Crippen LogP contribution in [0.5, 0.6) is 0 Å². The van der Waals surface area contributed by atoms with Gasteiger partial charge in [0.2, 0.25) is 0 Å². The molecule has 0 atom stereocenters. The van der Waals surface area contributed by atoms with Crippen molar-refractivity contribution in [3.8, 4) is 0 Å². The third-order valence-electron chi connectivity index (χ3n) is 1.93. The number of aryl methyl sites for hydroxylation is 1. The molecule has 1 rings (SSSR count). The van der Waals surface area contributed by atoms with E-state index in [2.05, 4.69) is 18.9 Å². The normalized spacial score (nSPS) is 10.8. The van der Waals surface area contributed by atoms with E-state index >= 15 is 0 Å². The lowest BCUT2D eigenvalue weighted by atomic mass is 10.2. The van der Waals surface area contributed by atoms with Crippen molar-refractivity contribution in [1.82, 2.24) is 9.78 Å². The van der Waals surface area contributed by atoms with Gasteiger partial charge in [-0.2, -0.15) is 5.10 Å². The van der Waals surface area contributed by atoms with Crippen molar-refractivity contribution in [2.45, 2.75) is 39.7 Å². The summed E-state index contributed by atoms with van der Waals surface area (Å²) in [5, 5.41) is 4.35. The summed E-state index contributed by atoms with van der Waals surface area (Å²) in [6.45, 7) is 5.78. The average Bonchev–Trinajstić information content (AvgIpc) is 2.48. The van der Waals surface area contributed by atoms with Gasteiger partial charge >= 0.3 is 0 Å². The smallest absolute Gasteiger partial charge is 0.130 e. The van der Waals surface area contributed by atoms with Gasteiger partial charge in [-0.3, -0.25) is 4.68 Å². The quantitative estimate of drug-likeness (QED) is 0.710. The van der Waals surface area contributed by atoms with Gasteiger partial charge in [-0.05, 0) is 33.3 Å². The van der Waals surface area contributed by atoms with E-state index in [0.29, 0.717) is 12.5 Å². The average molecular weight is 180 g/mol. The minimum absolute atomic E-state index is 0.221. The Kier molecular flexibility index (Phi) is 3.23. The minimum Gasteiger partial charge on any atom is -0.300 e. The molecule has 0 bridgehead atoms. The molecule has 3 heteroatoms. The Labute approximate surface area is 78.8 Å². The van der Waals surface area contributed by atoms with Crippen LogP contribution in [0.3, 0.4) is 0 Å². The molecular weight excluding hydrogens is 164 g/mol. The first-order chi connectivity index (χ1) is 6.09. The van der Waals surface area contributed by atoms with Crippen LogP contribution in [0.2, 0.25) is 0 Å². The van der Waals surface area contributed by atoms with Crippen molar-refractivity contribution in [2.24, 2.45) is 0 Å². The fourth-order valence-corrected chi connectivity index (χ4v) is 1.10. The number of nitrogens with zero attached hydrogens (tertiary/aromatic N) is 2. The SMILES string of the molecule is CC(=O)CCc1ccn(C(C)C)n1. The highest BCUT2D eigenvalue weighted by Crippen LogP contribution is 2.05. The molecule has 0 saturated carbocycles. The van der Waals surface area contributed by atoms with Gasteiger partial charge < -0.3 is 4.79 Å². The number of Topliss-reactive ketones (excluding diaryl/α,β-unsaturated/α-hetero) is 1. The molecule has 3 nitrogen and oxygen atoms in total. The molecule has 0 N–H and O–H groups in total. The van der Waals surface area contributed by atoms with Crippen LogP contribution in [0, 0.1) is 0 Å². The molecule has 0 aromatic carbocycles. The molecule has 0 spiro atoms. The maximum Gasteiger partial charge on any atom is 0.130 e. The van der Waals surface area contributed by atoms with E-state index in [1.54, 1.807) is 6.92 Å². The van der Waals surface area contributed by atoms with Gasteiger partial charge in [-0.1, -0.05) is 0 Å². The second-order valence-electron chi connectivity index (χ2n) is 3.58. The van der Waals surface area contributed by atoms with Crippen molar-refractivity contribution in [3.05, 3.63) is 18.0 Å². The molecule has 0 aliphatic carbocycles. The van der Waals surface area contributed by atoms with Crippen LogP contribution in [0.1, 0.15) is 38.9 Å². The van der Waals surface area contributed by atoms with E-state index < -0.39 is 0 Å². The predicted octanol–water partition coefficient (Wildman–Crippen LogP) is 1.99. The van der Waals surface area contributed by atoms with E-state index in [0.717, 1.165) is 12.1 Å². The Hall–Kier alpha value is -1.12. The fraction of sp³-hybridized carbons (Fsp3) is 0.600. The summed E-state index contributed by atoms with van der Waals surface area (Å²) in [6.07, 6.45) is 3.31. The van der Waals surface area contributed by atoms with Crippen LogP contribution in [0.15, 0.2) is 12.3 Å². The molecule has 0 aliphatic heterocycles. The summed E-state index contributed by atoms with van der Waals surface area (Å²) in [5.74, 6) is 0.221. The van der Waals surface area contributed by atoms with Gasteiger partial charge in [0.15, 0.2) is 0 Å². The number of hydrogen-bond acceptors (Lipinski definition) is 2. The molecule has 1 aromatic rings. The Balaban J connectivity index is 2.54. The highest BCUT2D eigenvalue weighted by molar-refractivity contribution is 5.75. The molecule has 0 saturated heterocycles. The Bertz CT molecular complexity index is 289. The zero-order valence-corrected chi connectivity index (χ0v) is 8.45. The molecule has 1 heterocycles. The lowest BCUT2D eigenvalue weighted by Gasteiger charge is -2.03. The molecule has 0 radical (unpaired) electrons.